The summed E-state index contributed by atoms with van der Waals surface area (Å²) < 4.78 is 1.29. The molecule has 0 spiro atoms. The molecular formula is C14H14N2O3. The molecule has 0 radical (unpaired) electrons. The van der Waals surface area contributed by atoms with E-state index in [1.165, 1.54) is 10.9 Å². The Morgan fingerprint density at radius 3 is 2.53 bits per heavy atom. The van der Waals surface area contributed by atoms with E-state index in [0.29, 0.717) is 5.56 Å². The molecule has 2 aromatic rings. The third-order valence-electron chi connectivity index (χ3n) is 2.88. The Bertz CT molecular complexity index is 573. The number of carboxylic acid groups (broad SMARTS) is 1. The Morgan fingerprint density at radius 2 is 2.00 bits per heavy atom. The summed E-state index contributed by atoms with van der Waals surface area (Å²) in [4.78, 5) is 23.3. The third kappa shape index (κ3) is 3.07. The van der Waals surface area contributed by atoms with Crippen molar-refractivity contribution in [1.82, 2.24) is 9.78 Å². The number of carbonyl (C=O) groups is 2. The van der Waals surface area contributed by atoms with Crippen molar-refractivity contribution in [3.63, 3.8) is 0 Å². The molecule has 0 saturated carbocycles. The lowest BCUT2D eigenvalue weighted by Gasteiger charge is -2.12. The SMILES string of the molecule is Cc1ccc(C(=O)C[C@@H](C(=O)O)n2cccn2)cc1. The van der Waals surface area contributed by atoms with E-state index in [1.807, 2.05) is 19.1 Å². The first-order chi connectivity index (χ1) is 9.08. The highest BCUT2D eigenvalue weighted by atomic mass is 16.4. The Labute approximate surface area is 110 Å². The summed E-state index contributed by atoms with van der Waals surface area (Å²) >= 11 is 0. The van der Waals surface area contributed by atoms with Crippen LogP contribution in [0.3, 0.4) is 0 Å². The number of ketones is 1. The zero-order chi connectivity index (χ0) is 13.8. The number of hydrogen-bond acceptors (Lipinski definition) is 3. The standard InChI is InChI=1S/C14H14N2O3/c1-10-3-5-11(6-4-10)13(17)9-12(14(18)19)16-8-2-7-15-16/h2-8,12H,9H2,1H3,(H,18,19)/t12-/m0/s1. The zero-order valence-corrected chi connectivity index (χ0v) is 10.5. The number of hydrogen-bond donors (Lipinski definition) is 1. The molecule has 1 aromatic heterocycles. The van der Waals surface area contributed by atoms with Gasteiger partial charge in [-0.25, -0.2) is 4.79 Å². The van der Waals surface area contributed by atoms with Crippen LogP contribution in [0.5, 0.6) is 0 Å². The Kier molecular flexibility index (Phi) is 3.75. The van der Waals surface area contributed by atoms with E-state index >= 15 is 0 Å². The third-order valence-corrected chi connectivity index (χ3v) is 2.88. The van der Waals surface area contributed by atoms with Crippen LogP contribution in [0.1, 0.15) is 28.4 Å². The maximum absolute atomic E-state index is 12.1. The second-order valence-corrected chi connectivity index (χ2v) is 4.33. The smallest absolute Gasteiger partial charge is 0.328 e. The molecule has 0 aliphatic heterocycles. The fraction of sp³-hybridized carbons (Fsp3) is 0.214. The van der Waals surface area contributed by atoms with Crippen LogP contribution < -0.4 is 0 Å². The lowest BCUT2D eigenvalue weighted by atomic mass is 10.0. The average molecular weight is 258 g/mol. The number of Topliss-reactive ketones (excluding diaryl/α,β-unsaturated/α-hetero) is 1. The molecule has 1 N–H and O–H groups in total. The molecule has 19 heavy (non-hydrogen) atoms. The van der Waals surface area contributed by atoms with E-state index in [4.69, 9.17) is 0 Å². The van der Waals surface area contributed by atoms with Crippen LogP contribution in [0, 0.1) is 6.92 Å². The Hall–Kier alpha value is -2.43. The van der Waals surface area contributed by atoms with Crippen molar-refractivity contribution >= 4 is 11.8 Å². The van der Waals surface area contributed by atoms with Crippen molar-refractivity contribution in [1.29, 1.82) is 0 Å². The van der Waals surface area contributed by atoms with Gasteiger partial charge in [0.2, 0.25) is 0 Å². The minimum absolute atomic E-state index is 0.111. The van der Waals surface area contributed by atoms with Gasteiger partial charge in [-0.2, -0.15) is 5.10 Å². The van der Waals surface area contributed by atoms with Gasteiger partial charge in [0, 0.05) is 24.4 Å². The minimum atomic E-state index is -1.07. The predicted octanol–water partition coefficient (Wildman–Crippen LogP) is 2.09. The number of rotatable bonds is 5. The largest absolute Gasteiger partial charge is 0.480 e. The molecule has 0 unspecified atom stereocenters. The number of aryl methyl sites for hydroxylation is 1. The van der Waals surface area contributed by atoms with Crippen LogP contribution >= 0.6 is 0 Å². The van der Waals surface area contributed by atoms with Gasteiger partial charge in [0.05, 0.1) is 0 Å². The van der Waals surface area contributed by atoms with Crippen molar-refractivity contribution in [2.45, 2.75) is 19.4 Å². The van der Waals surface area contributed by atoms with Crippen LogP contribution in [-0.2, 0) is 4.79 Å². The molecule has 5 heteroatoms. The van der Waals surface area contributed by atoms with Crippen molar-refractivity contribution < 1.29 is 14.7 Å². The van der Waals surface area contributed by atoms with Gasteiger partial charge in [-0.1, -0.05) is 29.8 Å². The van der Waals surface area contributed by atoms with Crippen molar-refractivity contribution in [3.05, 3.63) is 53.9 Å². The number of nitrogens with zero attached hydrogens (tertiary/aromatic N) is 2. The minimum Gasteiger partial charge on any atom is -0.480 e. The molecule has 0 fully saturated rings. The van der Waals surface area contributed by atoms with Crippen LogP contribution in [0.15, 0.2) is 42.7 Å². The van der Waals surface area contributed by atoms with Gasteiger partial charge in [-0.05, 0) is 13.0 Å². The van der Waals surface area contributed by atoms with E-state index in [9.17, 15) is 14.7 Å². The summed E-state index contributed by atoms with van der Waals surface area (Å²) in [6.07, 6.45) is 2.92. The number of carbonyl (C=O) groups excluding carboxylic acids is 1. The van der Waals surface area contributed by atoms with Gasteiger partial charge in [0.1, 0.15) is 0 Å². The summed E-state index contributed by atoms with van der Waals surface area (Å²) in [7, 11) is 0. The van der Waals surface area contributed by atoms with E-state index < -0.39 is 12.0 Å². The lowest BCUT2D eigenvalue weighted by molar-refractivity contribution is -0.141. The monoisotopic (exact) mass is 258 g/mol. The molecule has 2 rings (SSSR count). The molecule has 5 nitrogen and oxygen atoms in total. The van der Waals surface area contributed by atoms with Gasteiger partial charge in [0.25, 0.3) is 0 Å². The van der Waals surface area contributed by atoms with Gasteiger partial charge in [-0.3, -0.25) is 9.48 Å². The van der Waals surface area contributed by atoms with Crippen molar-refractivity contribution in [3.8, 4) is 0 Å². The van der Waals surface area contributed by atoms with E-state index in [-0.39, 0.29) is 12.2 Å². The van der Waals surface area contributed by atoms with Crippen LogP contribution in [-0.4, -0.2) is 26.6 Å². The molecule has 0 aliphatic rings. The molecule has 98 valence electrons. The average Bonchev–Trinajstić information content (AvgIpc) is 2.89. The molecule has 1 heterocycles. The van der Waals surface area contributed by atoms with Gasteiger partial charge >= 0.3 is 5.97 Å². The maximum atomic E-state index is 12.1. The first-order valence-corrected chi connectivity index (χ1v) is 5.89. The topological polar surface area (TPSA) is 72.2 Å². The summed E-state index contributed by atoms with van der Waals surface area (Å²) in [5, 5.41) is 13.1. The van der Waals surface area contributed by atoms with Gasteiger partial charge in [-0.15, -0.1) is 0 Å². The van der Waals surface area contributed by atoms with E-state index in [0.717, 1.165) is 5.56 Å². The lowest BCUT2D eigenvalue weighted by Crippen LogP contribution is -2.22. The second-order valence-electron chi connectivity index (χ2n) is 4.33. The summed E-state index contributed by atoms with van der Waals surface area (Å²) in [5.74, 6) is -1.27. The van der Waals surface area contributed by atoms with Crippen molar-refractivity contribution in [2.24, 2.45) is 0 Å². The highest BCUT2D eigenvalue weighted by Gasteiger charge is 2.23. The summed E-state index contributed by atoms with van der Waals surface area (Å²) in [5.41, 5.74) is 1.57. The normalized spacial score (nSPS) is 12.1. The second kappa shape index (κ2) is 5.48. The van der Waals surface area contributed by atoms with Crippen LogP contribution in [0.2, 0.25) is 0 Å². The number of benzene rings is 1. The predicted molar refractivity (Wildman–Crippen MR) is 69.0 cm³/mol. The molecular weight excluding hydrogens is 244 g/mol. The zero-order valence-electron chi connectivity index (χ0n) is 10.5. The summed E-state index contributed by atoms with van der Waals surface area (Å²) in [6, 6.07) is 7.74. The molecule has 0 saturated heterocycles. The van der Waals surface area contributed by atoms with Gasteiger partial charge < -0.3 is 5.11 Å². The quantitative estimate of drug-likeness (QED) is 0.833. The molecule has 0 bridgehead atoms. The van der Waals surface area contributed by atoms with Crippen LogP contribution in [0.25, 0.3) is 0 Å². The maximum Gasteiger partial charge on any atom is 0.328 e. The number of aromatic nitrogens is 2. The van der Waals surface area contributed by atoms with E-state index in [1.54, 1.807) is 24.4 Å². The number of carboxylic acids is 1. The summed E-state index contributed by atoms with van der Waals surface area (Å²) in [6.45, 7) is 1.93. The van der Waals surface area contributed by atoms with Gasteiger partial charge in [0.15, 0.2) is 11.8 Å². The molecule has 1 atom stereocenters. The fourth-order valence-corrected chi connectivity index (χ4v) is 1.79. The Balaban J connectivity index is 2.16. The fourth-order valence-electron chi connectivity index (χ4n) is 1.79. The van der Waals surface area contributed by atoms with Crippen molar-refractivity contribution in [2.75, 3.05) is 0 Å². The first kappa shape index (κ1) is 13.0. The molecule has 0 amide bonds. The highest BCUT2D eigenvalue weighted by molar-refractivity contribution is 5.98. The number of aliphatic carboxylic acids is 1. The first-order valence-electron chi connectivity index (χ1n) is 5.89. The highest BCUT2D eigenvalue weighted by Crippen LogP contribution is 2.15. The molecule has 1 aromatic carbocycles. The van der Waals surface area contributed by atoms with Crippen LogP contribution in [0.4, 0.5) is 0 Å². The Morgan fingerprint density at radius 1 is 1.32 bits per heavy atom. The van der Waals surface area contributed by atoms with E-state index in [2.05, 4.69) is 5.10 Å². The molecule has 0 aliphatic carbocycles.